The van der Waals surface area contributed by atoms with Crippen molar-refractivity contribution in [1.82, 2.24) is 0 Å². The highest BCUT2D eigenvalue weighted by Crippen LogP contribution is 2.33. The molecule has 0 N–H and O–H groups in total. The van der Waals surface area contributed by atoms with Crippen molar-refractivity contribution in [2.45, 2.75) is 31.9 Å². The number of Topliss-reactive ketones (excluding diaryl/α,β-unsaturated/α-hetero) is 1. The molecule has 0 saturated heterocycles. The lowest BCUT2D eigenvalue weighted by Gasteiger charge is -2.34. The monoisotopic (exact) mass is 267 g/mol. The van der Waals surface area contributed by atoms with Gasteiger partial charge in [0.05, 0.1) is 10.4 Å². The van der Waals surface area contributed by atoms with E-state index in [1.54, 1.807) is 45.0 Å². The fourth-order valence-corrected chi connectivity index (χ4v) is 3.38. The fraction of sp³-hybridized carbons (Fsp3) is 0.462. The molecule has 1 aliphatic rings. The second-order valence-electron chi connectivity index (χ2n) is 5.38. The van der Waals surface area contributed by atoms with Gasteiger partial charge in [0.15, 0.2) is 5.78 Å². The standard InChI is InChI=1S/C13H17NO3S/c1-13(2,3)18(16,17)14-9-8-12(15)10-6-4-5-7-11(10)14/h4-7H,8-9H2,1-3H3. The summed E-state index contributed by atoms with van der Waals surface area (Å²) in [7, 11) is -3.46. The maximum Gasteiger partial charge on any atom is 0.240 e. The van der Waals surface area contributed by atoms with E-state index in [0.717, 1.165) is 0 Å². The molecule has 1 aromatic rings. The van der Waals surface area contributed by atoms with Crippen LogP contribution in [0.15, 0.2) is 24.3 Å². The van der Waals surface area contributed by atoms with Crippen molar-refractivity contribution >= 4 is 21.5 Å². The molecule has 0 bridgehead atoms. The number of ketones is 1. The Hall–Kier alpha value is -1.36. The number of carbonyl (C=O) groups is 1. The minimum absolute atomic E-state index is 0.00552. The van der Waals surface area contributed by atoms with Crippen LogP contribution in [0.5, 0.6) is 0 Å². The van der Waals surface area contributed by atoms with Crippen LogP contribution in [0, 0.1) is 0 Å². The summed E-state index contributed by atoms with van der Waals surface area (Å²) in [6.45, 7) is 5.24. The Bertz CT molecular complexity index is 584. The van der Waals surface area contributed by atoms with Crippen molar-refractivity contribution in [3.05, 3.63) is 29.8 Å². The predicted octanol–water partition coefficient (Wildman–Crippen LogP) is 2.21. The molecule has 0 atom stereocenters. The number of para-hydroxylation sites is 1. The molecule has 98 valence electrons. The first-order valence-corrected chi connectivity index (χ1v) is 7.33. The molecule has 5 heteroatoms. The van der Waals surface area contributed by atoms with Gasteiger partial charge >= 0.3 is 0 Å². The van der Waals surface area contributed by atoms with Crippen molar-refractivity contribution in [2.75, 3.05) is 10.8 Å². The van der Waals surface area contributed by atoms with Crippen LogP contribution in [0.25, 0.3) is 0 Å². The number of fused-ring (bicyclic) bond motifs is 1. The molecule has 1 aromatic carbocycles. The second kappa shape index (κ2) is 4.09. The van der Waals surface area contributed by atoms with Crippen molar-refractivity contribution in [1.29, 1.82) is 0 Å². The van der Waals surface area contributed by atoms with E-state index in [1.807, 2.05) is 0 Å². The Morgan fingerprint density at radius 2 is 1.78 bits per heavy atom. The van der Waals surface area contributed by atoms with Crippen molar-refractivity contribution in [3.8, 4) is 0 Å². The molecule has 0 unspecified atom stereocenters. The third kappa shape index (κ3) is 1.92. The summed E-state index contributed by atoms with van der Waals surface area (Å²) in [6, 6.07) is 6.88. The van der Waals surface area contributed by atoms with Crippen LogP contribution >= 0.6 is 0 Å². The molecule has 0 aromatic heterocycles. The van der Waals surface area contributed by atoms with Crippen molar-refractivity contribution in [3.63, 3.8) is 0 Å². The Balaban J connectivity index is 2.57. The van der Waals surface area contributed by atoms with Gasteiger partial charge in [0, 0.05) is 18.5 Å². The number of rotatable bonds is 1. The number of sulfonamides is 1. The van der Waals surface area contributed by atoms with Crippen LogP contribution in [0.4, 0.5) is 5.69 Å². The smallest absolute Gasteiger partial charge is 0.240 e. The lowest BCUT2D eigenvalue weighted by molar-refractivity contribution is 0.0982. The summed E-state index contributed by atoms with van der Waals surface area (Å²) in [6.07, 6.45) is 0.242. The summed E-state index contributed by atoms with van der Waals surface area (Å²) < 4.78 is 25.5. The van der Waals surface area contributed by atoms with Gasteiger partial charge in [-0.05, 0) is 32.9 Å². The zero-order chi connectivity index (χ0) is 13.6. The number of carbonyl (C=O) groups excluding carboxylic acids is 1. The van der Waals surface area contributed by atoms with Crippen LogP contribution < -0.4 is 4.31 Å². The number of benzene rings is 1. The summed E-state index contributed by atoms with van der Waals surface area (Å²) in [4.78, 5) is 11.8. The number of anilines is 1. The molecule has 1 aliphatic heterocycles. The molecule has 0 aliphatic carbocycles. The number of nitrogens with zero attached hydrogens (tertiary/aromatic N) is 1. The minimum Gasteiger partial charge on any atom is -0.294 e. The molecule has 0 spiro atoms. The molecule has 2 rings (SSSR count). The van der Waals surface area contributed by atoms with E-state index in [1.165, 1.54) is 4.31 Å². The van der Waals surface area contributed by atoms with Crippen LogP contribution in [-0.2, 0) is 10.0 Å². The van der Waals surface area contributed by atoms with E-state index in [2.05, 4.69) is 0 Å². The lowest BCUT2D eigenvalue weighted by atomic mass is 10.0. The Morgan fingerprint density at radius 1 is 1.17 bits per heavy atom. The summed E-state index contributed by atoms with van der Waals surface area (Å²) in [5.41, 5.74) is 1.00. The molecule has 0 amide bonds. The first-order chi connectivity index (χ1) is 8.25. The number of hydrogen-bond acceptors (Lipinski definition) is 3. The van der Waals surface area contributed by atoms with Gasteiger partial charge in [0.25, 0.3) is 0 Å². The van der Waals surface area contributed by atoms with Crippen LogP contribution in [-0.4, -0.2) is 25.5 Å². The molecule has 18 heavy (non-hydrogen) atoms. The quantitative estimate of drug-likeness (QED) is 0.784. The first-order valence-electron chi connectivity index (χ1n) is 5.89. The molecular formula is C13H17NO3S. The largest absolute Gasteiger partial charge is 0.294 e. The van der Waals surface area contributed by atoms with Crippen LogP contribution in [0.1, 0.15) is 37.6 Å². The van der Waals surface area contributed by atoms with Crippen molar-refractivity contribution in [2.24, 2.45) is 0 Å². The summed E-state index contributed by atoms with van der Waals surface area (Å²) in [5.74, 6) is 0.00552. The Labute approximate surface area is 108 Å². The zero-order valence-corrected chi connectivity index (χ0v) is 11.6. The SMILES string of the molecule is CC(C)(C)S(=O)(=O)N1CCC(=O)c2ccccc21. The summed E-state index contributed by atoms with van der Waals surface area (Å²) >= 11 is 0. The first kappa shape index (κ1) is 13.1. The molecule has 4 nitrogen and oxygen atoms in total. The molecule has 0 saturated carbocycles. The average Bonchev–Trinajstić information content (AvgIpc) is 2.28. The van der Waals surface area contributed by atoms with E-state index in [9.17, 15) is 13.2 Å². The maximum atomic E-state index is 12.5. The van der Waals surface area contributed by atoms with E-state index in [4.69, 9.17) is 0 Å². The fourth-order valence-electron chi connectivity index (χ4n) is 1.97. The second-order valence-corrected chi connectivity index (χ2v) is 8.00. The highest BCUT2D eigenvalue weighted by molar-refractivity contribution is 7.94. The van der Waals surface area contributed by atoms with Gasteiger partial charge in [0.2, 0.25) is 10.0 Å². The molecule has 0 fully saturated rings. The molecular weight excluding hydrogens is 250 g/mol. The zero-order valence-electron chi connectivity index (χ0n) is 10.8. The van der Waals surface area contributed by atoms with Gasteiger partial charge in [0.1, 0.15) is 0 Å². The predicted molar refractivity (Wildman–Crippen MR) is 71.4 cm³/mol. The van der Waals surface area contributed by atoms with E-state index in [-0.39, 0.29) is 18.7 Å². The van der Waals surface area contributed by atoms with Gasteiger partial charge in [-0.15, -0.1) is 0 Å². The van der Waals surface area contributed by atoms with Gasteiger partial charge in [-0.25, -0.2) is 8.42 Å². The minimum atomic E-state index is -3.46. The van der Waals surface area contributed by atoms with Crippen molar-refractivity contribution < 1.29 is 13.2 Å². The van der Waals surface area contributed by atoms with Gasteiger partial charge in [-0.1, -0.05) is 12.1 Å². The number of hydrogen-bond donors (Lipinski definition) is 0. The Morgan fingerprint density at radius 3 is 2.39 bits per heavy atom. The topological polar surface area (TPSA) is 54.5 Å². The highest BCUT2D eigenvalue weighted by Gasteiger charge is 2.38. The van der Waals surface area contributed by atoms with E-state index >= 15 is 0 Å². The molecule has 1 heterocycles. The maximum absolute atomic E-state index is 12.5. The third-order valence-electron chi connectivity index (χ3n) is 3.08. The average molecular weight is 267 g/mol. The summed E-state index contributed by atoms with van der Waals surface area (Å²) in [5, 5.41) is 0. The Kier molecular flexibility index (Phi) is 2.97. The van der Waals surface area contributed by atoms with E-state index in [0.29, 0.717) is 11.3 Å². The van der Waals surface area contributed by atoms with Gasteiger partial charge < -0.3 is 0 Å². The lowest BCUT2D eigenvalue weighted by Crippen LogP contribution is -2.46. The molecule has 0 radical (unpaired) electrons. The van der Waals surface area contributed by atoms with Crippen LogP contribution in [0.2, 0.25) is 0 Å². The van der Waals surface area contributed by atoms with Gasteiger partial charge in [-0.2, -0.15) is 0 Å². The van der Waals surface area contributed by atoms with E-state index < -0.39 is 14.8 Å². The highest BCUT2D eigenvalue weighted by atomic mass is 32.2. The van der Waals surface area contributed by atoms with Crippen LogP contribution in [0.3, 0.4) is 0 Å². The van der Waals surface area contributed by atoms with Gasteiger partial charge in [-0.3, -0.25) is 9.10 Å². The normalized spacial score (nSPS) is 16.6. The third-order valence-corrected chi connectivity index (χ3v) is 5.59.